The summed E-state index contributed by atoms with van der Waals surface area (Å²) in [7, 11) is 2.01. The van der Waals surface area contributed by atoms with Crippen molar-refractivity contribution in [2.24, 2.45) is 12.5 Å². The van der Waals surface area contributed by atoms with Crippen LogP contribution < -0.4 is 0 Å². The number of hydrogen-bond acceptors (Lipinski definition) is 1. The van der Waals surface area contributed by atoms with Crippen LogP contribution in [-0.4, -0.2) is 20.4 Å². The molecular formula is C12H20Br2N2. The van der Waals surface area contributed by atoms with Gasteiger partial charge in [-0.05, 0) is 30.7 Å². The normalized spacial score (nSPS) is 12.0. The molecule has 0 aliphatic carbocycles. The molecule has 92 valence electrons. The van der Waals surface area contributed by atoms with Gasteiger partial charge >= 0.3 is 0 Å². The van der Waals surface area contributed by atoms with Crippen LogP contribution in [0.2, 0.25) is 0 Å². The third kappa shape index (κ3) is 3.59. The molecule has 2 nitrogen and oxygen atoms in total. The van der Waals surface area contributed by atoms with E-state index >= 15 is 0 Å². The lowest BCUT2D eigenvalue weighted by molar-refractivity contribution is 0.323. The van der Waals surface area contributed by atoms with E-state index in [4.69, 9.17) is 0 Å². The summed E-state index contributed by atoms with van der Waals surface area (Å²) in [4.78, 5) is 0. The van der Waals surface area contributed by atoms with Gasteiger partial charge < -0.3 is 0 Å². The monoisotopic (exact) mass is 350 g/mol. The Morgan fingerprint density at radius 1 is 1.31 bits per heavy atom. The van der Waals surface area contributed by atoms with Gasteiger partial charge in [0.25, 0.3) is 0 Å². The molecule has 0 N–H and O–H groups in total. The highest BCUT2D eigenvalue weighted by Crippen LogP contribution is 2.34. The topological polar surface area (TPSA) is 17.8 Å². The molecular weight excluding hydrogens is 332 g/mol. The molecule has 0 unspecified atom stereocenters. The highest BCUT2D eigenvalue weighted by Gasteiger charge is 2.26. The van der Waals surface area contributed by atoms with Gasteiger partial charge in [0.2, 0.25) is 0 Å². The molecule has 0 atom stereocenters. The molecule has 16 heavy (non-hydrogen) atoms. The van der Waals surface area contributed by atoms with Crippen molar-refractivity contribution >= 4 is 31.9 Å². The van der Waals surface area contributed by atoms with Crippen molar-refractivity contribution in [3.63, 3.8) is 0 Å². The maximum absolute atomic E-state index is 4.21. The lowest BCUT2D eigenvalue weighted by atomic mass is 9.83. The molecule has 0 bridgehead atoms. The van der Waals surface area contributed by atoms with Crippen LogP contribution in [0, 0.1) is 5.41 Å². The average Bonchev–Trinajstić information content (AvgIpc) is 2.70. The number of aromatic nitrogens is 2. The molecule has 0 spiro atoms. The molecule has 0 fully saturated rings. The van der Waals surface area contributed by atoms with Gasteiger partial charge in [0, 0.05) is 29.6 Å². The van der Waals surface area contributed by atoms with E-state index < -0.39 is 0 Å². The summed E-state index contributed by atoms with van der Waals surface area (Å²) in [6, 6.07) is 2.11. The summed E-state index contributed by atoms with van der Waals surface area (Å²) < 4.78 is 1.97. The van der Waals surface area contributed by atoms with E-state index in [-0.39, 0.29) is 0 Å². The standard InChI is InChI=1S/C12H20Br2N2/c1-3-6-12(9-13,10-14)7-4-11-5-8-15-16(11)2/h5,8H,3-4,6-7,9-10H2,1-2H3. The average molecular weight is 352 g/mol. The molecule has 0 amide bonds. The number of nitrogens with zero attached hydrogens (tertiary/aromatic N) is 2. The molecule has 0 aliphatic rings. The minimum absolute atomic E-state index is 0.388. The van der Waals surface area contributed by atoms with E-state index in [1.807, 2.05) is 17.9 Å². The highest BCUT2D eigenvalue weighted by molar-refractivity contribution is 9.09. The number of halogens is 2. The number of hydrogen-bond donors (Lipinski definition) is 0. The van der Waals surface area contributed by atoms with E-state index in [9.17, 15) is 0 Å². The van der Waals surface area contributed by atoms with E-state index in [0.29, 0.717) is 5.41 Å². The molecule has 4 heteroatoms. The van der Waals surface area contributed by atoms with E-state index in [2.05, 4.69) is 49.9 Å². The molecule has 1 aromatic heterocycles. The summed E-state index contributed by atoms with van der Waals surface area (Å²) in [5, 5.41) is 6.34. The predicted octanol–water partition coefficient (Wildman–Crippen LogP) is 3.93. The number of rotatable bonds is 7. The van der Waals surface area contributed by atoms with Crippen molar-refractivity contribution in [1.29, 1.82) is 0 Å². The molecule has 1 aromatic rings. The second kappa shape index (κ2) is 6.80. The Bertz CT molecular complexity index is 306. The Balaban J connectivity index is 2.59. The zero-order chi connectivity index (χ0) is 12.0. The third-order valence-electron chi connectivity index (χ3n) is 3.18. The minimum Gasteiger partial charge on any atom is -0.273 e. The quantitative estimate of drug-likeness (QED) is 0.680. The number of alkyl halides is 2. The van der Waals surface area contributed by atoms with Crippen LogP contribution in [0.5, 0.6) is 0 Å². The zero-order valence-corrected chi connectivity index (χ0v) is 13.2. The Morgan fingerprint density at radius 2 is 2.00 bits per heavy atom. The Labute approximate surface area is 115 Å². The first kappa shape index (κ1) is 14.2. The summed E-state index contributed by atoms with van der Waals surface area (Å²) in [5.74, 6) is 0. The summed E-state index contributed by atoms with van der Waals surface area (Å²) in [5.41, 5.74) is 1.71. The fourth-order valence-corrected chi connectivity index (χ4v) is 4.05. The van der Waals surface area contributed by atoms with Gasteiger partial charge in [-0.15, -0.1) is 0 Å². The smallest absolute Gasteiger partial charge is 0.0492 e. The van der Waals surface area contributed by atoms with Gasteiger partial charge in [0.05, 0.1) is 0 Å². The second-order valence-electron chi connectivity index (χ2n) is 4.46. The van der Waals surface area contributed by atoms with Crippen LogP contribution in [0.4, 0.5) is 0 Å². The van der Waals surface area contributed by atoms with E-state index in [0.717, 1.165) is 17.1 Å². The van der Waals surface area contributed by atoms with Crippen molar-refractivity contribution in [3.8, 4) is 0 Å². The molecule has 0 radical (unpaired) electrons. The van der Waals surface area contributed by atoms with Gasteiger partial charge in [0.1, 0.15) is 0 Å². The Kier molecular flexibility index (Phi) is 6.05. The van der Waals surface area contributed by atoms with Crippen molar-refractivity contribution < 1.29 is 0 Å². The van der Waals surface area contributed by atoms with Gasteiger partial charge in [-0.3, -0.25) is 4.68 Å². The number of aryl methyl sites for hydroxylation is 2. The molecule has 0 aliphatic heterocycles. The first-order valence-corrected chi connectivity index (χ1v) is 8.00. The van der Waals surface area contributed by atoms with Crippen LogP contribution in [0.15, 0.2) is 12.3 Å². The van der Waals surface area contributed by atoms with Gasteiger partial charge in [-0.2, -0.15) is 5.10 Å². The summed E-state index contributed by atoms with van der Waals surface area (Å²) in [6.45, 7) is 2.25. The third-order valence-corrected chi connectivity index (χ3v) is 5.56. The summed E-state index contributed by atoms with van der Waals surface area (Å²) in [6.07, 6.45) is 6.69. The van der Waals surface area contributed by atoms with Crippen LogP contribution in [-0.2, 0) is 13.5 Å². The highest BCUT2D eigenvalue weighted by atomic mass is 79.9. The molecule has 0 saturated heterocycles. The lowest BCUT2D eigenvalue weighted by Crippen LogP contribution is -2.25. The van der Waals surface area contributed by atoms with Crippen LogP contribution in [0.25, 0.3) is 0 Å². The molecule has 0 aromatic carbocycles. The second-order valence-corrected chi connectivity index (χ2v) is 5.58. The maximum Gasteiger partial charge on any atom is 0.0492 e. The largest absolute Gasteiger partial charge is 0.273 e. The predicted molar refractivity (Wildman–Crippen MR) is 76.5 cm³/mol. The first-order chi connectivity index (χ1) is 7.67. The fraction of sp³-hybridized carbons (Fsp3) is 0.750. The van der Waals surface area contributed by atoms with Crippen molar-refractivity contribution in [2.75, 3.05) is 10.7 Å². The zero-order valence-electron chi connectivity index (χ0n) is 10.0. The van der Waals surface area contributed by atoms with Crippen molar-refractivity contribution in [2.45, 2.75) is 32.6 Å². The van der Waals surface area contributed by atoms with Crippen LogP contribution >= 0.6 is 31.9 Å². The Morgan fingerprint density at radius 3 is 2.44 bits per heavy atom. The van der Waals surface area contributed by atoms with Crippen molar-refractivity contribution in [3.05, 3.63) is 18.0 Å². The van der Waals surface area contributed by atoms with Crippen LogP contribution in [0.3, 0.4) is 0 Å². The fourth-order valence-electron chi connectivity index (χ4n) is 2.00. The maximum atomic E-state index is 4.21. The minimum atomic E-state index is 0.388. The summed E-state index contributed by atoms with van der Waals surface area (Å²) >= 11 is 7.33. The van der Waals surface area contributed by atoms with Crippen LogP contribution in [0.1, 0.15) is 31.9 Å². The van der Waals surface area contributed by atoms with E-state index in [1.54, 1.807) is 0 Å². The van der Waals surface area contributed by atoms with Gasteiger partial charge in [-0.1, -0.05) is 45.2 Å². The Hall–Kier alpha value is 0.170. The molecule has 1 rings (SSSR count). The molecule has 0 saturated carbocycles. The van der Waals surface area contributed by atoms with Gasteiger partial charge in [-0.25, -0.2) is 0 Å². The lowest BCUT2D eigenvalue weighted by Gasteiger charge is -2.29. The SMILES string of the molecule is CCCC(CBr)(CBr)CCc1ccnn1C. The van der Waals surface area contributed by atoms with Crippen molar-refractivity contribution in [1.82, 2.24) is 9.78 Å². The van der Waals surface area contributed by atoms with E-state index in [1.165, 1.54) is 25.0 Å². The first-order valence-electron chi connectivity index (χ1n) is 5.76. The molecule has 1 heterocycles. The van der Waals surface area contributed by atoms with Gasteiger partial charge in [0.15, 0.2) is 0 Å².